The summed E-state index contributed by atoms with van der Waals surface area (Å²) in [6.45, 7) is 1.96. The smallest absolute Gasteiger partial charge is 0.319 e. The molecule has 1 aromatic carbocycles. The summed E-state index contributed by atoms with van der Waals surface area (Å²) in [5, 5.41) is 6.66. The topological polar surface area (TPSA) is 80.1 Å². The van der Waals surface area contributed by atoms with Crippen molar-refractivity contribution in [2.75, 3.05) is 16.8 Å². The zero-order valence-electron chi connectivity index (χ0n) is 16.5. The molecule has 2 amide bonds. The minimum absolute atomic E-state index is 0. The Morgan fingerprint density at radius 1 is 1.16 bits per heavy atom. The molecule has 32 heavy (non-hydrogen) atoms. The van der Waals surface area contributed by atoms with Crippen molar-refractivity contribution < 1.29 is 27.2 Å². The van der Waals surface area contributed by atoms with Crippen LogP contribution >= 0.6 is 13.5 Å². The molecule has 1 atom stereocenters. The SMILES string of the molecule is C[C@H]1CN(c2ccc(C(F)(F)F)cc2)C(=O)c2c(NC(=O)c3cncc(F)c3)cnn21.S. The Kier molecular flexibility index (Phi) is 6.26. The summed E-state index contributed by atoms with van der Waals surface area (Å²) in [7, 11) is 0. The predicted molar refractivity (Wildman–Crippen MR) is 113 cm³/mol. The van der Waals surface area contributed by atoms with Gasteiger partial charge in [0.25, 0.3) is 11.8 Å². The van der Waals surface area contributed by atoms with E-state index in [4.69, 9.17) is 0 Å². The number of nitrogens with one attached hydrogen (secondary N) is 1. The number of nitrogens with zero attached hydrogens (tertiary/aromatic N) is 4. The minimum Gasteiger partial charge on any atom is -0.319 e. The van der Waals surface area contributed by atoms with Gasteiger partial charge in [-0.2, -0.15) is 31.8 Å². The van der Waals surface area contributed by atoms with Gasteiger partial charge in [0.05, 0.1) is 35.2 Å². The van der Waals surface area contributed by atoms with Crippen LogP contribution in [-0.2, 0) is 6.18 Å². The summed E-state index contributed by atoms with van der Waals surface area (Å²) < 4.78 is 53.3. The van der Waals surface area contributed by atoms with Crippen LogP contribution in [0.1, 0.15) is 39.4 Å². The Bertz CT molecular complexity index is 1160. The van der Waals surface area contributed by atoms with Crippen molar-refractivity contribution in [3.63, 3.8) is 0 Å². The van der Waals surface area contributed by atoms with Gasteiger partial charge in [-0.05, 0) is 37.3 Å². The van der Waals surface area contributed by atoms with Crippen molar-refractivity contribution in [1.29, 1.82) is 0 Å². The quantitative estimate of drug-likeness (QED) is 0.590. The summed E-state index contributed by atoms with van der Waals surface area (Å²) in [5.74, 6) is -1.92. The van der Waals surface area contributed by atoms with E-state index in [1.54, 1.807) is 6.92 Å². The highest BCUT2D eigenvalue weighted by atomic mass is 32.1. The molecule has 7 nitrogen and oxygen atoms in total. The lowest BCUT2D eigenvalue weighted by Crippen LogP contribution is -2.43. The molecule has 0 saturated carbocycles. The number of halogens is 4. The summed E-state index contributed by atoms with van der Waals surface area (Å²) in [5.41, 5.74) is -0.422. The van der Waals surface area contributed by atoms with E-state index in [0.717, 1.165) is 24.4 Å². The third kappa shape index (κ3) is 4.31. The molecular formula is C20H17F4N5O2S. The number of carbonyl (C=O) groups is 2. The highest BCUT2D eigenvalue weighted by Crippen LogP contribution is 2.33. The molecule has 3 aromatic rings. The fourth-order valence-corrected chi connectivity index (χ4v) is 3.34. The molecule has 4 rings (SSSR count). The second-order valence-corrected chi connectivity index (χ2v) is 7.01. The van der Waals surface area contributed by atoms with Gasteiger partial charge in [-0.3, -0.25) is 19.3 Å². The van der Waals surface area contributed by atoms with Crippen molar-refractivity contribution in [2.24, 2.45) is 0 Å². The molecule has 0 spiro atoms. The van der Waals surface area contributed by atoms with Gasteiger partial charge < -0.3 is 10.2 Å². The number of alkyl halides is 3. The number of benzene rings is 1. The van der Waals surface area contributed by atoms with Gasteiger partial charge in [0, 0.05) is 18.4 Å². The van der Waals surface area contributed by atoms with Gasteiger partial charge >= 0.3 is 6.18 Å². The van der Waals surface area contributed by atoms with E-state index < -0.39 is 29.4 Å². The van der Waals surface area contributed by atoms with Gasteiger partial charge in [0.15, 0.2) is 5.69 Å². The molecule has 0 bridgehead atoms. The Labute approximate surface area is 186 Å². The minimum atomic E-state index is -4.49. The first-order chi connectivity index (χ1) is 14.6. The zero-order chi connectivity index (χ0) is 22.3. The molecule has 168 valence electrons. The van der Waals surface area contributed by atoms with Crippen molar-refractivity contribution in [1.82, 2.24) is 14.8 Å². The largest absolute Gasteiger partial charge is 0.416 e. The first-order valence-corrected chi connectivity index (χ1v) is 9.13. The zero-order valence-corrected chi connectivity index (χ0v) is 17.5. The number of rotatable bonds is 3. The molecule has 2 aromatic heterocycles. The van der Waals surface area contributed by atoms with Crippen LogP contribution < -0.4 is 10.2 Å². The maximum atomic E-state index is 13.3. The van der Waals surface area contributed by atoms with Crippen LogP contribution in [0, 0.1) is 5.82 Å². The predicted octanol–water partition coefficient (Wildman–Crippen LogP) is 4.02. The number of pyridine rings is 1. The third-order valence-corrected chi connectivity index (χ3v) is 4.83. The second-order valence-electron chi connectivity index (χ2n) is 7.01. The lowest BCUT2D eigenvalue weighted by atomic mass is 10.1. The lowest BCUT2D eigenvalue weighted by Gasteiger charge is -2.32. The van der Waals surface area contributed by atoms with Crippen LogP contribution in [0.5, 0.6) is 0 Å². The van der Waals surface area contributed by atoms with Crippen LogP contribution in [0.2, 0.25) is 0 Å². The fraction of sp³-hybridized carbons (Fsp3) is 0.200. The van der Waals surface area contributed by atoms with Crippen molar-refractivity contribution >= 4 is 36.7 Å². The van der Waals surface area contributed by atoms with E-state index in [1.165, 1.54) is 34.1 Å². The fourth-order valence-electron chi connectivity index (χ4n) is 3.34. The van der Waals surface area contributed by atoms with Gasteiger partial charge in [-0.1, -0.05) is 0 Å². The molecular weight excluding hydrogens is 450 g/mol. The molecule has 0 unspecified atom stereocenters. The Morgan fingerprint density at radius 3 is 2.47 bits per heavy atom. The maximum Gasteiger partial charge on any atom is 0.416 e. The Morgan fingerprint density at radius 2 is 1.84 bits per heavy atom. The van der Waals surface area contributed by atoms with Crippen LogP contribution in [0.15, 0.2) is 48.9 Å². The van der Waals surface area contributed by atoms with Crippen LogP contribution in [-0.4, -0.2) is 33.1 Å². The normalized spacial score (nSPS) is 15.7. The van der Waals surface area contributed by atoms with E-state index in [0.29, 0.717) is 0 Å². The monoisotopic (exact) mass is 467 g/mol. The van der Waals surface area contributed by atoms with Gasteiger partial charge in [-0.25, -0.2) is 4.39 Å². The number of fused-ring (bicyclic) bond motifs is 1. The van der Waals surface area contributed by atoms with Gasteiger partial charge in [-0.15, -0.1) is 0 Å². The van der Waals surface area contributed by atoms with Crippen molar-refractivity contribution in [3.05, 3.63) is 71.6 Å². The number of anilines is 2. The molecule has 1 N–H and O–H groups in total. The molecule has 3 heterocycles. The number of amides is 2. The van der Waals surface area contributed by atoms with Crippen LogP contribution in [0.3, 0.4) is 0 Å². The summed E-state index contributed by atoms with van der Waals surface area (Å²) >= 11 is 0. The molecule has 1 aliphatic rings. The molecule has 0 fully saturated rings. The molecule has 0 saturated heterocycles. The average Bonchev–Trinajstić information content (AvgIpc) is 3.14. The van der Waals surface area contributed by atoms with Crippen molar-refractivity contribution in [3.8, 4) is 0 Å². The van der Waals surface area contributed by atoms with Gasteiger partial charge in [0.2, 0.25) is 0 Å². The van der Waals surface area contributed by atoms with E-state index in [2.05, 4.69) is 15.4 Å². The number of hydrogen-bond acceptors (Lipinski definition) is 4. The molecule has 1 aliphatic heterocycles. The van der Waals surface area contributed by atoms with E-state index >= 15 is 0 Å². The molecule has 12 heteroatoms. The molecule has 0 radical (unpaired) electrons. The van der Waals surface area contributed by atoms with E-state index in [9.17, 15) is 27.2 Å². The average molecular weight is 467 g/mol. The number of carbonyl (C=O) groups excluding carboxylic acids is 2. The number of aromatic nitrogens is 3. The number of hydrogen-bond donors (Lipinski definition) is 1. The summed E-state index contributed by atoms with van der Waals surface area (Å²) in [6.07, 6.45) is -1.07. The van der Waals surface area contributed by atoms with E-state index in [1.807, 2.05) is 0 Å². The summed E-state index contributed by atoms with van der Waals surface area (Å²) in [4.78, 5) is 30.5. The van der Waals surface area contributed by atoms with E-state index in [-0.39, 0.29) is 48.7 Å². The highest BCUT2D eigenvalue weighted by Gasteiger charge is 2.35. The highest BCUT2D eigenvalue weighted by molar-refractivity contribution is 7.59. The third-order valence-electron chi connectivity index (χ3n) is 4.83. The van der Waals surface area contributed by atoms with Crippen molar-refractivity contribution in [2.45, 2.75) is 19.1 Å². The first-order valence-electron chi connectivity index (χ1n) is 9.13. The van der Waals surface area contributed by atoms with Crippen LogP contribution in [0.25, 0.3) is 0 Å². The van der Waals surface area contributed by atoms with Gasteiger partial charge in [0.1, 0.15) is 5.82 Å². The standard InChI is InChI=1S/C20H15F4N5O2.H2S/c1-11-10-28(15-4-2-13(3-5-15)20(22,23)24)19(31)17-16(9-26-29(11)17)27-18(30)12-6-14(21)8-25-7-12;/h2-9,11H,10H2,1H3,(H,27,30);1H2/t11-;/m0./s1. The molecule has 0 aliphatic carbocycles. The Hall–Kier alpha value is -3.41. The first kappa shape index (κ1) is 23.3. The Balaban J connectivity index is 0.00000289. The lowest BCUT2D eigenvalue weighted by molar-refractivity contribution is -0.137. The second kappa shape index (κ2) is 8.61. The maximum absolute atomic E-state index is 13.3. The summed E-state index contributed by atoms with van der Waals surface area (Å²) in [6, 6.07) is 4.93. The van der Waals surface area contributed by atoms with Crippen LogP contribution in [0.4, 0.5) is 28.9 Å².